The van der Waals surface area contributed by atoms with Crippen LogP contribution in [0.1, 0.15) is 12.2 Å². The smallest absolute Gasteiger partial charge is 0.163 e. The van der Waals surface area contributed by atoms with Crippen LogP contribution in [0.4, 0.5) is 11.6 Å². The largest absolute Gasteiger partial charge is 0.467 e. The van der Waals surface area contributed by atoms with Crippen molar-refractivity contribution in [3.8, 4) is 11.4 Å². The second kappa shape index (κ2) is 7.40. The lowest BCUT2D eigenvalue weighted by Gasteiger charge is -2.14. The van der Waals surface area contributed by atoms with E-state index < -0.39 is 9.84 Å². The van der Waals surface area contributed by atoms with Crippen molar-refractivity contribution in [3.05, 3.63) is 60.6 Å². The molecule has 8 heteroatoms. The van der Waals surface area contributed by atoms with Crippen LogP contribution < -0.4 is 10.6 Å². The highest BCUT2D eigenvalue weighted by Crippen LogP contribution is 2.23. The van der Waals surface area contributed by atoms with Gasteiger partial charge in [0.1, 0.15) is 17.4 Å². The molecule has 1 unspecified atom stereocenters. The lowest BCUT2D eigenvalue weighted by atomic mass is 10.2. The van der Waals surface area contributed by atoms with Gasteiger partial charge in [-0.2, -0.15) is 0 Å². The predicted molar refractivity (Wildman–Crippen MR) is 104 cm³/mol. The second-order valence-electron chi connectivity index (χ2n) is 6.51. The van der Waals surface area contributed by atoms with Crippen molar-refractivity contribution < 1.29 is 12.8 Å². The minimum Gasteiger partial charge on any atom is -0.467 e. The first-order chi connectivity index (χ1) is 13.1. The molecule has 0 aliphatic carbocycles. The van der Waals surface area contributed by atoms with E-state index in [2.05, 4.69) is 20.6 Å². The van der Waals surface area contributed by atoms with E-state index in [1.54, 1.807) is 12.3 Å². The molecule has 0 saturated carbocycles. The third kappa shape index (κ3) is 4.46. The number of anilines is 2. The Morgan fingerprint density at radius 1 is 1.07 bits per heavy atom. The molecular formula is C19H20N4O3S. The van der Waals surface area contributed by atoms with E-state index in [9.17, 15) is 8.42 Å². The molecule has 3 aromatic rings. The van der Waals surface area contributed by atoms with Gasteiger partial charge in [0.15, 0.2) is 15.7 Å². The molecule has 2 aromatic heterocycles. The maximum absolute atomic E-state index is 11.7. The van der Waals surface area contributed by atoms with Crippen LogP contribution in [0.5, 0.6) is 0 Å². The maximum atomic E-state index is 11.7. The highest BCUT2D eigenvalue weighted by molar-refractivity contribution is 7.91. The van der Waals surface area contributed by atoms with Crippen LogP contribution in [0, 0.1) is 0 Å². The molecule has 1 aliphatic heterocycles. The fourth-order valence-corrected chi connectivity index (χ4v) is 4.71. The van der Waals surface area contributed by atoms with E-state index >= 15 is 0 Å². The minimum atomic E-state index is -2.96. The summed E-state index contributed by atoms with van der Waals surface area (Å²) in [5, 5.41) is 6.48. The third-order valence-corrected chi connectivity index (χ3v) is 6.13. The number of benzene rings is 1. The fourth-order valence-electron chi connectivity index (χ4n) is 3.04. The minimum absolute atomic E-state index is 0.132. The molecule has 1 fully saturated rings. The number of aromatic nitrogens is 2. The van der Waals surface area contributed by atoms with Gasteiger partial charge < -0.3 is 15.1 Å². The van der Waals surface area contributed by atoms with E-state index in [4.69, 9.17) is 4.42 Å². The van der Waals surface area contributed by atoms with Crippen molar-refractivity contribution >= 4 is 21.5 Å². The van der Waals surface area contributed by atoms with Crippen LogP contribution in [0.2, 0.25) is 0 Å². The molecule has 0 amide bonds. The summed E-state index contributed by atoms with van der Waals surface area (Å²) in [7, 11) is -2.96. The molecule has 1 saturated heterocycles. The number of rotatable bonds is 6. The standard InChI is InChI=1S/C19H20N4O3S/c24-27(25)10-8-15(13-27)21-18-11-17(20-12-16-7-4-9-26-16)22-19(23-18)14-5-2-1-3-6-14/h1-7,9,11,15H,8,10,12-13H2,(H2,20,21,22,23). The normalized spacial score (nSPS) is 18.3. The summed E-state index contributed by atoms with van der Waals surface area (Å²) < 4.78 is 28.8. The Bertz CT molecular complexity index is 1000. The Morgan fingerprint density at radius 2 is 1.89 bits per heavy atom. The second-order valence-corrected chi connectivity index (χ2v) is 8.73. The summed E-state index contributed by atoms with van der Waals surface area (Å²) in [5.74, 6) is 2.96. The van der Waals surface area contributed by atoms with Gasteiger partial charge in [0, 0.05) is 17.7 Å². The lowest BCUT2D eigenvalue weighted by Crippen LogP contribution is -2.21. The molecule has 140 valence electrons. The molecule has 1 aromatic carbocycles. The summed E-state index contributed by atoms with van der Waals surface area (Å²) >= 11 is 0. The van der Waals surface area contributed by atoms with Crippen molar-refractivity contribution in [2.75, 3.05) is 22.1 Å². The molecular weight excluding hydrogens is 364 g/mol. The third-order valence-electron chi connectivity index (χ3n) is 4.37. The zero-order valence-corrected chi connectivity index (χ0v) is 15.4. The van der Waals surface area contributed by atoms with Gasteiger partial charge >= 0.3 is 0 Å². The summed E-state index contributed by atoms with van der Waals surface area (Å²) in [6.45, 7) is 0.496. The van der Waals surface area contributed by atoms with Gasteiger partial charge in [-0.15, -0.1) is 0 Å². The summed E-state index contributed by atoms with van der Waals surface area (Å²) in [6, 6.07) is 15.0. The molecule has 27 heavy (non-hydrogen) atoms. The van der Waals surface area contributed by atoms with Crippen molar-refractivity contribution in [1.29, 1.82) is 0 Å². The Balaban J connectivity index is 1.60. The van der Waals surface area contributed by atoms with Crippen LogP contribution in [-0.4, -0.2) is 35.9 Å². The van der Waals surface area contributed by atoms with E-state index in [1.165, 1.54) is 0 Å². The molecule has 1 aliphatic rings. The first-order valence-electron chi connectivity index (χ1n) is 8.75. The van der Waals surface area contributed by atoms with E-state index in [0.717, 1.165) is 11.3 Å². The maximum Gasteiger partial charge on any atom is 0.163 e. The average Bonchev–Trinajstić information content (AvgIpc) is 3.30. The summed E-state index contributed by atoms with van der Waals surface area (Å²) in [4.78, 5) is 9.16. The Kier molecular flexibility index (Phi) is 4.81. The van der Waals surface area contributed by atoms with Gasteiger partial charge in [0.2, 0.25) is 0 Å². The molecule has 1 atom stereocenters. The van der Waals surface area contributed by atoms with E-state index in [-0.39, 0.29) is 17.5 Å². The summed E-state index contributed by atoms with van der Waals surface area (Å²) in [5.41, 5.74) is 0.890. The quantitative estimate of drug-likeness (QED) is 0.674. The molecule has 0 bridgehead atoms. The Hall–Kier alpha value is -2.87. The van der Waals surface area contributed by atoms with Crippen LogP contribution in [0.3, 0.4) is 0 Å². The van der Waals surface area contributed by atoms with E-state index in [0.29, 0.717) is 30.4 Å². The van der Waals surface area contributed by atoms with Gasteiger partial charge in [-0.05, 0) is 18.6 Å². The average molecular weight is 384 g/mol. The number of hydrogen-bond donors (Lipinski definition) is 2. The van der Waals surface area contributed by atoms with Gasteiger partial charge in [0.25, 0.3) is 0 Å². The van der Waals surface area contributed by atoms with Crippen molar-refractivity contribution in [2.24, 2.45) is 0 Å². The monoisotopic (exact) mass is 384 g/mol. The van der Waals surface area contributed by atoms with Crippen LogP contribution in [0.25, 0.3) is 11.4 Å². The molecule has 7 nitrogen and oxygen atoms in total. The number of nitrogens with one attached hydrogen (secondary N) is 2. The van der Waals surface area contributed by atoms with Gasteiger partial charge in [-0.3, -0.25) is 0 Å². The number of furan rings is 1. The first-order valence-corrected chi connectivity index (χ1v) is 10.6. The van der Waals surface area contributed by atoms with E-state index in [1.807, 2.05) is 42.5 Å². The molecule has 2 N–H and O–H groups in total. The Labute approximate surface area is 157 Å². The first kappa shape index (κ1) is 17.5. The number of hydrogen-bond acceptors (Lipinski definition) is 7. The van der Waals surface area contributed by atoms with Crippen molar-refractivity contribution in [1.82, 2.24) is 9.97 Å². The van der Waals surface area contributed by atoms with Gasteiger partial charge in [-0.1, -0.05) is 30.3 Å². The highest BCUT2D eigenvalue weighted by atomic mass is 32.2. The zero-order valence-electron chi connectivity index (χ0n) is 14.6. The number of nitrogens with zero attached hydrogens (tertiary/aromatic N) is 2. The topological polar surface area (TPSA) is 97.1 Å². The van der Waals surface area contributed by atoms with Gasteiger partial charge in [-0.25, -0.2) is 18.4 Å². The van der Waals surface area contributed by atoms with Crippen LogP contribution in [0.15, 0.2) is 59.2 Å². The predicted octanol–water partition coefficient (Wildman–Crippen LogP) is 2.95. The number of sulfone groups is 1. The zero-order chi connectivity index (χ0) is 18.7. The molecule has 3 heterocycles. The SMILES string of the molecule is O=S1(=O)CCC(Nc2cc(NCc3ccco3)nc(-c3ccccc3)n2)C1. The Morgan fingerprint density at radius 3 is 2.59 bits per heavy atom. The molecule has 4 rings (SSSR count). The lowest BCUT2D eigenvalue weighted by molar-refractivity contribution is 0.518. The van der Waals surface area contributed by atoms with Crippen molar-refractivity contribution in [2.45, 2.75) is 19.0 Å². The molecule has 0 spiro atoms. The highest BCUT2D eigenvalue weighted by Gasteiger charge is 2.28. The summed E-state index contributed by atoms with van der Waals surface area (Å²) in [6.07, 6.45) is 2.21. The molecule has 0 radical (unpaired) electrons. The fraction of sp³-hybridized carbons (Fsp3) is 0.263. The van der Waals surface area contributed by atoms with Gasteiger partial charge in [0.05, 0.1) is 24.3 Å². The van der Waals surface area contributed by atoms with Crippen molar-refractivity contribution in [3.63, 3.8) is 0 Å². The van der Waals surface area contributed by atoms with Crippen LogP contribution in [-0.2, 0) is 16.4 Å². The van der Waals surface area contributed by atoms with Crippen LogP contribution >= 0.6 is 0 Å².